The van der Waals surface area contributed by atoms with Crippen LogP contribution >= 0.6 is 0 Å². The van der Waals surface area contributed by atoms with Crippen molar-refractivity contribution in [2.75, 3.05) is 39.1 Å². The van der Waals surface area contributed by atoms with E-state index in [1.165, 1.54) is 23.2 Å². The van der Waals surface area contributed by atoms with Crippen LogP contribution in [0.25, 0.3) is 0 Å². The predicted octanol–water partition coefficient (Wildman–Crippen LogP) is 2.77. The summed E-state index contributed by atoms with van der Waals surface area (Å²) in [7, 11) is 6.26. The molecule has 0 bridgehead atoms. The minimum absolute atomic E-state index is 0.118. The molecule has 24 heavy (non-hydrogen) atoms. The lowest BCUT2D eigenvalue weighted by Gasteiger charge is -2.31. The van der Waals surface area contributed by atoms with Crippen molar-refractivity contribution in [2.24, 2.45) is 0 Å². The minimum atomic E-state index is -0.228. The fraction of sp³-hybridized carbons (Fsp3) is 0.632. The number of nitrogens with one attached hydrogen (secondary N) is 2. The third-order valence-electron chi connectivity index (χ3n) is 4.41. The summed E-state index contributed by atoms with van der Waals surface area (Å²) < 4.78 is 0. The average Bonchev–Trinajstić information content (AvgIpc) is 2.45. The quantitative estimate of drug-likeness (QED) is 0.891. The summed E-state index contributed by atoms with van der Waals surface area (Å²) in [4.78, 5) is 16.5. The Morgan fingerprint density at radius 3 is 2.67 bits per heavy atom. The molecule has 0 unspecified atom stereocenters. The maximum atomic E-state index is 12.0. The molecule has 5 nitrogen and oxygen atoms in total. The number of carbonyl (C=O) groups is 1. The zero-order valence-corrected chi connectivity index (χ0v) is 15.9. The van der Waals surface area contributed by atoms with Gasteiger partial charge in [-0.15, -0.1) is 0 Å². The predicted molar refractivity (Wildman–Crippen MR) is 101 cm³/mol. The molecule has 0 saturated heterocycles. The van der Waals surface area contributed by atoms with Crippen LogP contribution in [0.3, 0.4) is 0 Å². The van der Waals surface area contributed by atoms with Gasteiger partial charge in [0.05, 0.1) is 6.04 Å². The Morgan fingerprint density at radius 1 is 1.33 bits per heavy atom. The summed E-state index contributed by atoms with van der Waals surface area (Å²) in [6.45, 7) is 7.66. The molecule has 0 radical (unpaired) electrons. The van der Waals surface area contributed by atoms with Crippen molar-refractivity contribution in [3.05, 3.63) is 29.3 Å². The third-order valence-corrected chi connectivity index (χ3v) is 4.41. The first-order chi connectivity index (χ1) is 11.2. The van der Waals surface area contributed by atoms with E-state index < -0.39 is 0 Å². The SMILES string of the molecule is CN1CCCc2cc([C@H](CNC(=O)NC(C)(C)C)N(C)C)ccc21. The first-order valence-corrected chi connectivity index (χ1v) is 8.74. The Balaban J connectivity index is 2.09. The largest absolute Gasteiger partial charge is 0.374 e. The molecule has 2 amide bonds. The number of urea groups is 1. The van der Waals surface area contributed by atoms with Crippen LogP contribution in [-0.2, 0) is 6.42 Å². The third kappa shape index (κ3) is 4.87. The van der Waals surface area contributed by atoms with Crippen molar-refractivity contribution in [3.63, 3.8) is 0 Å². The highest BCUT2D eigenvalue weighted by molar-refractivity contribution is 5.74. The maximum absolute atomic E-state index is 12.0. The Labute approximate surface area is 146 Å². The molecule has 134 valence electrons. The normalized spacial score (nSPS) is 15.9. The molecule has 0 fully saturated rings. The van der Waals surface area contributed by atoms with Crippen molar-refractivity contribution >= 4 is 11.7 Å². The number of anilines is 1. The number of hydrogen-bond acceptors (Lipinski definition) is 3. The Morgan fingerprint density at radius 2 is 2.04 bits per heavy atom. The number of nitrogens with zero attached hydrogens (tertiary/aromatic N) is 2. The van der Waals surface area contributed by atoms with Crippen molar-refractivity contribution in [1.82, 2.24) is 15.5 Å². The molecular formula is C19H32N4O. The van der Waals surface area contributed by atoms with Gasteiger partial charge in [0, 0.05) is 31.4 Å². The second-order valence-electron chi connectivity index (χ2n) is 7.98. The Kier molecular flexibility index (Phi) is 5.75. The second kappa shape index (κ2) is 7.43. The molecular weight excluding hydrogens is 300 g/mol. The van der Waals surface area contributed by atoms with Crippen molar-refractivity contribution in [3.8, 4) is 0 Å². The van der Waals surface area contributed by atoms with Crippen LogP contribution in [0.1, 0.15) is 44.4 Å². The summed E-state index contributed by atoms with van der Waals surface area (Å²) in [5.41, 5.74) is 3.77. The van der Waals surface area contributed by atoms with Crippen LogP contribution in [0, 0.1) is 0 Å². The zero-order valence-electron chi connectivity index (χ0n) is 15.9. The average molecular weight is 332 g/mol. The Hall–Kier alpha value is -1.75. The topological polar surface area (TPSA) is 47.6 Å². The number of hydrogen-bond donors (Lipinski definition) is 2. The first-order valence-electron chi connectivity index (χ1n) is 8.74. The van der Waals surface area contributed by atoms with E-state index in [1.807, 2.05) is 20.8 Å². The molecule has 0 aliphatic carbocycles. The molecule has 1 heterocycles. The van der Waals surface area contributed by atoms with E-state index in [0.717, 1.165) is 13.0 Å². The molecule has 0 saturated carbocycles. The second-order valence-corrected chi connectivity index (χ2v) is 7.98. The van der Waals surface area contributed by atoms with Gasteiger partial charge >= 0.3 is 6.03 Å². The van der Waals surface area contributed by atoms with Crippen LogP contribution < -0.4 is 15.5 Å². The molecule has 5 heteroatoms. The fourth-order valence-corrected chi connectivity index (χ4v) is 3.19. The van der Waals surface area contributed by atoms with E-state index in [1.54, 1.807) is 0 Å². The lowest BCUT2D eigenvalue weighted by molar-refractivity contribution is 0.224. The zero-order chi connectivity index (χ0) is 17.9. The molecule has 0 aromatic heterocycles. The van der Waals surface area contributed by atoms with E-state index in [4.69, 9.17) is 0 Å². The van der Waals surface area contributed by atoms with Gasteiger partial charge < -0.3 is 20.4 Å². The molecule has 2 rings (SSSR count). The lowest BCUT2D eigenvalue weighted by atomic mass is 9.96. The van der Waals surface area contributed by atoms with Gasteiger partial charge in [0.2, 0.25) is 0 Å². The molecule has 1 atom stereocenters. The lowest BCUT2D eigenvalue weighted by Crippen LogP contribution is -2.48. The monoisotopic (exact) mass is 332 g/mol. The summed E-state index contributed by atoms with van der Waals surface area (Å²) in [6, 6.07) is 6.75. The van der Waals surface area contributed by atoms with Gasteiger partial charge in [-0.05, 0) is 64.9 Å². The fourth-order valence-electron chi connectivity index (χ4n) is 3.19. The number of amides is 2. The highest BCUT2D eigenvalue weighted by Crippen LogP contribution is 2.29. The van der Waals surface area contributed by atoms with Crippen LogP contribution in [0.15, 0.2) is 18.2 Å². The van der Waals surface area contributed by atoms with Crippen LogP contribution in [0.2, 0.25) is 0 Å². The van der Waals surface area contributed by atoms with Gasteiger partial charge in [-0.2, -0.15) is 0 Å². The highest BCUT2D eigenvalue weighted by Gasteiger charge is 2.20. The summed E-state index contributed by atoms with van der Waals surface area (Å²) in [5.74, 6) is 0. The van der Waals surface area contributed by atoms with Crippen molar-refractivity contribution < 1.29 is 4.79 Å². The number of aryl methyl sites for hydroxylation is 1. The van der Waals surface area contributed by atoms with Crippen LogP contribution in [0.4, 0.5) is 10.5 Å². The van der Waals surface area contributed by atoms with E-state index in [0.29, 0.717) is 6.54 Å². The molecule has 1 aliphatic heterocycles. The highest BCUT2D eigenvalue weighted by atomic mass is 16.2. The van der Waals surface area contributed by atoms with Crippen LogP contribution in [-0.4, -0.2) is 50.7 Å². The molecule has 2 N–H and O–H groups in total. The van der Waals surface area contributed by atoms with Crippen molar-refractivity contribution in [1.29, 1.82) is 0 Å². The van der Waals surface area contributed by atoms with Gasteiger partial charge in [0.15, 0.2) is 0 Å². The van der Waals surface area contributed by atoms with E-state index >= 15 is 0 Å². The van der Waals surface area contributed by atoms with Crippen molar-refractivity contribution in [2.45, 2.75) is 45.2 Å². The van der Waals surface area contributed by atoms with E-state index in [-0.39, 0.29) is 17.6 Å². The molecule has 1 aromatic rings. The standard InChI is InChI=1S/C19H32N4O/c1-19(2,3)21-18(24)20-13-17(22(4)5)15-9-10-16-14(12-15)8-7-11-23(16)6/h9-10,12,17H,7-8,11,13H2,1-6H3,(H2,20,21,24)/t17-/m0/s1. The van der Waals surface area contributed by atoms with Crippen LogP contribution in [0.5, 0.6) is 0 Å². The Bertz CT molecular complexity index is 577. The van der Waals surface area contributed by atoms with Gasteiger partial charge in [-0.1, -0.05) is 12.1 Å². The number of carbonyl (C=O) groups excluding carboxylic acids is 1. The van der Waals surface area contributed by atoms with Gasteiger partial charge in [0.1, 0.15) is 0 Å². The van der Waals surface area contributed by atoms with E-state index in [2.05, 4.69) is 59.8 Å². The molecule has 1 aliphatic rings. The summed E-state index contributed by atoms with van der Waals surface area (Å²) in [6.07, 6.45) is 2.33. The summed E-state index contributed by atoms with van der Waals surface area (Å²) in [5, 5.41) is 5.95. The summed E-state index contributed by atoms with van der Waals surface area (Å²) >= 11 is 0. The van der Waals surface area contributed by atoms with E-state index in [9.17, 15) is 4.79 Å². The number of likely N-dealkylation sites (N-methyl/N-ethyl adjacent to an activating group) is 1. The van der Waals surface area contributed by atoms with Gasteiger partial charge in [-0.3, -0.25) is 0 Å². The first kappa shape index (κ1) is 18.6. The number of fused-ring (bicyclic) bond motifs is 1. The number of benzene rings is 1. The molecule has 1 aromatic carbocycles. The number of rotatable bonds is 4. The minimum Gasteiger partial charge on any atom is -0.374 e. The molecule has 0 spiro atoms. The van der Waals surface area contributed by atoms with Gasteiger partial charge in [-0.25, -0.2) is 4.79 Å². The maximum Gasteiger partial charge on any atom is 0.315 e. The smallest absolute Gasteiger partial charge is 0.315 e. The van der Waals surface area contributed by atoms with Gasteiger partial charge in [0.25, 0.3) is 0 Å².